The van der Waals surface area contributed by atoms with Crippen molar-refractivity contribution >= 4 is 5.97 Å². The maximum atomic E-state index is 12.6. The van der Waals surface area contributed by atoms with Crippen LogP contribution in [-0.2, 0) is 24.6 Å². The molecule has 0 amide bonds. The van der Waals surface area contributed by atoms with Crippen molar-refractivity contribution in [1.82, 2.24) is 9.55 Å². The molecule has 0 aliphatic carbocycles. The van der Waals surface area contributed by atoms with Gasteiger partial charge in [-0.15, -0.1) is 0 Å². The van der Waals surface area contributed by atoms with E-state index in [-0.39, 0.29) is 13.0 Å². The second-order valence-electron chi connectivity index (χ2n) is 10.4. The minimum atomic E-state index is -1.06. The maximum absolute atomic E-state index is 12.6. The normalized spacial score (nSPS) is 20.5. The van der Waals surface area contributed by atoms with Gasteiger partial charge in [-0.3, -0.25) is 19.1 Å². The quantitative estimate of drug-likeness (QED) is 0.350. The topological polar surface area (TPSA) is 109 Å². The molecule has 0 spiro atoms. The number of nitrogens with one attached hydrogen (secondary N) is 1. The third-order valence-electron chi connectivity index (χ3n) is 7.63. The van der Waals surface area contributed by atoms with E-state index < -0.39 is 41.3 Å². The average Bonchev–Trinajstić information content (AvgIpc) is 3.35. The Morgan fingerprint density at radius 2 is 1.61 bits per heavy atom. The van der Waals surface area contributed by atoms with Crippen LogP contribution in [0.5, 0.6) is 11.5 Å². The Morgan fingerprint density at radius 1 is 0.976 bits per heavy atom. The number of fused-ring (bicyclic) bond motifs is 2. The van der Waals surface area contributed by atoms with E-state index in [4.69, 9.17) is 18.9 Å². The van der Waals surface area contributed by atoms with Gasteiger partial charge in [-0.1, -0.05) is 66.2 Å². The van der Waals surface area contributed by atoms with Gasteiger partial charge in [0.15, 0.2) is 5.60 Å². The number of hydrogen-bond acceptors (Lipinski definition) is 7. The molecule has 4 aromatic rings. The summed E-state index contributed by atoms with van der Waals surface area (Å²) in [7, 11) is 0. The lowest BCUT2D eigenvalue weighted by Gasteiger charge is -2.41. The van der Waals surface area contributed by atoms with E-state index in [9.17, 15) is 14.4 Å². The van der Waals surface area contributed by atoms with E-state index in [0.29, 0.717) is 17.1 Å². The Morgan fingerprint density at radius 3 is 2.24 bits per heavy atom. The van der Waals surface area contributed by atoms with Gasteiger partial charge in [-0.25, -0.2) is 4.79 Å². The zero-order chi connectivity index (χ0) is 28.7. The molecule has 3 heterocycles. The van der Waals surface area contributed by atoms with E-state index in [0.717, 1.165) is 22.3 Å². The Hall–Kier alpha value is -4.47. The van der Waals surface area contributed by atoms with E-state index in [2.05, 4.69) is 4.98 Å². The largest absolute Gasteiger partial charge is 0.460 e. The summed E-state index contributed by atoms with van der Waals surface area (Å²) in [6.07, 6.45) is -0.476. The standard InChI is InChI=1S/C32H30N2O7/c1-19-12-14-22(15-13-19)32(23-8-4-6-10-25(23)40-26-11-7-5-9-24(26)32)38-18-28-27(39-21(3)35)16-29(41-28)34-17-20(2)30(36)33-31(34)37/h4-15,17,27-29H,16,18H2,1-3H3,(H,33,36,37)/t27-,28+,29+/m0/s1. The predicted octanol–water partition coefficient (Wildman–Crippen LogP) is 4.49. The molecule has 0 saturated carbocycles. The van der Waals surface area contributed by atoms with E-state index in [1.54, 1.807) is 6.92 Å². The molecule has 210 valence electrons. The van der Waals surface area contributed by atoms with Crippen molar-refractivity contribution in [3.05, 3.63) is 128 Å². The van der Waals surface area contributed by atoms with Crippen LogP contribution in [0.15, 0.2) is 88.6 Å². The zero-order valence-corrected chi connectivity index (χ0v) is 23.0. The third kappa shape index (κ3) is 4.77. The van der Waals surface area contributed by atoms with Gasteiger partial charge in [0.1, 0.15) is 29.9 Å². The first kappa shape index (κ1) is 26.7. The fraction of sp³-hybridized carbons (Fsp3) is 0.281. The number of rotatable bonds is 6. The molecule has 0 bridgehead atoms. The van der Waals surface area contributed by atoms with Crippen LogP contribution in [0.25, 0.3) is 0 Å². The van der Waals surface area contributed by atoms with Crippen LogP contribution in [0.4, 0.5) is 0 Å². The van der Waals surface area contributed by atoms with Gasteiger partial charge in [-0.2, -0.15) is 0 Å². The monoisotopic (exact) mass is 554 g/mol. The Kier molecular flexibility index (Phi) is 6.84. The molecule has 2 aliphatic rings. The number of H-pyrrole nitrogens is 1. The number of carbonyl (C=O) groups is 1. The van der Waals surface area contributed by atoms with Crippen molar-refractivity contribution in [3.63, 3.8) is 0 Å². The Labute approximate surface area is 236 Å². The summed E-state index contributed by atoms with van der Waals surface area (Å²) in [5, 5.41) is 0. The molecule has 3 aromatic carbocycles. The van der Waals surface area contributed by atoms with Gasteiger partial charge < -0.3 is 18.9 Å². The maximum Gasteiger partial charge on any atom is 0.330 e. The first-order valence-corrected chi connectivity index (χ1v) is 13.5. The third-order valence-corrected chi connectivity index (χ3v) is 7.63. The lowest BCUT2D eigenvalue weighted by molar-refractivity contribution is -0.153. The number of aryl methyl sites for hydroxylation is 2. The SMILES string of the molecule is CC(=O)O[C@H]1C[C@H](n2cc(C)c(=O)[nH]c2=O)O[C@@H]1COC1(c2ccc(C)cc2)c2ccccc2Oc2ccccc21. The fourth-order valence-corrected chi connectivity index (χ4v) is 5.66. The molecular weight excluding hydrogens is 524 g/mol. The van der Waals surface area contributed by atoms with Crippen molar-refractivity contribution in [2.24, 2.45) is 0 Å². The van der Waals surface area contributed by atoms with Crippen molar-refractivity contribution < 1.29 is 23.7 Å². The van der Waals surface area contributed by atoms with Gasteiger partial charge in [0.05, 0.1) is 6.61 Å². The number of ether oxygens (including phenoxy) is 4. The number of nitrogens with zero attached hydrogens (tertiary/aromatic N) is 1. The average molecular weight is 555 g/mol. The van der Waals surface area contributed by atoms with Crippen LogP contribution in [0, 0.1) is 13.8 Å². The number of para-hydroxylation sites is 2. The first-order chi connectivity index (χ1) is 19.8. The van der Waals surface area contributed by atoms with E-state index in [1.807, 2.05) is 79.7 Å². The highest BCUT2D eigenvalue weighted by Gasteiger charge is 2.47. The van der Waals surface area contributed by atoms with Crippen molar-refractivity contribution in [1.29, 1.82) is 0 Å². The number of hydrogen-bond donors (Lipinski definition) is 1. The van der Waals surface area contributed by atoms with Crippen molar-refractivity contribution in [3.8, 4) is 11.5 Å². The van der Waals surface area contributed by atoms with Gasteiger partial charge in [0.25, 0.3) is 5.56 Å². The predicted molar refractivity (Wildman–Crippen MR) is 150 cm³/mol. The molecule has 0 radical (unpaired) electrons. The summed E-state index contributed by atoms with van der Waals surface area (Å²) in [6, 6.07) is 23.6. The lowest BCUT2D eigenvalue weighted by Crippen LogP contribution is -2.40. The van der Waals surface area contributed by atoms with Crippen molar-refractivity contribution in [2.45, 2.75) is 51.2 Å². The van der Waals surface area contributed by atoms with E-state index in [1.165, 1.54) is 17.7 Å². The molecule has 2 aliphatic heterocycles. The second kappa shape index (κ2) is 10.5. The molecule has 1 aromatic heterocycles. The highest BCUT2D eigenvalue weighted by Crippen LogP contribution is 2.52. The van der Waals surface area contributed by atoms with Crippen LogP contribution in [0.1, 0.15) is 47.4 Å². The number of aromatic amines is 1. The molecule has 6 rings (SSSR count). The van der Waals surface area contributed by atoms with Gasteiger partial charge in [-0.05, 0) is 31.5 Å². The van der Waals surface area contributed by atoms with Crippen LogP contribution >= 0.6 is 0 Å². The minimum Gasteiger partial charge on any atom is -0.460 e. The van der Waals surface area contributed by atoms with E-state index >= 15 is 0 Å². The molecular formula is C32H30N2O7. The number of esters is 1. The van der Waals surface area contributed by atoms with Crippen molar-refractivity contribution in [2.75, 3.05) is 6.61 Å². The number of carbonyl (C=O) groups excluding carboxylic acids is 1. The molecule has 9 heteroatoms. The molecule has 9 nitrogen and oxygen atoms in total. The minimum absolute atomic E-state index is 0.0298. The van der Waals surface area contributed by atoms with Crippen LogP contribution < -0.4 is 16.0 Å². The summed E-state index contributed by atoms with van der Waals surface area (Å²) < 4.78 is 26.5. The first-order valence-electron chi connectivity index (χ1n) is 13.5. The summed E-state index contributed by atoms with van der Waals surface area (Å²) in [6.45, 7) is 5.00. The van der Waals surface area contributed by atoms with Gasteiger partial charge >= 0.3 is 11.7 Å². The molecule has 41 heavy (non-hydrogen) atoms. The van der Waals surface area contributed by atoms with Crippen LogP contribution in [0.2, 0.25) is 0 Å². The molecule has 0 unspecified atom stereocenters. The summed E-state index contributed by atoms with van der Waals surface area (Å²) >= 11 is 0. The molecule has 1 saturated heterocycles. The molecule has 3 atom stereocenters. The van der Waals surface area contributed by atoms with Crippen LogP contribution in [0.3, 0.4) is 0 Å². The molecule has 1 fully saturated rings. The molecule has 1 N–H and O–H groups in total. The Bertz CT molecular complexity index is 1680. The highest BCUT2D eigenvalue weighted by atomic mass is 16.6. The fourth-order valence-electron chi connectivity index (χ4n) is 5.66. The number of aromatic nitrogens is 2. The second-order valence-corrected chi connectivity index (χ2v) is 10.4. The lowest BCUT2D eigenvalue weighted by atomic mass is 9.77. The summed E-state index contributed by atoms with van der Waals surface area (Å²) in [5.74, 6) is 0.872. The smallest absolute Gasteiger partial charge is 0.330 e. The summed E-state index contributed by atoms with van der Waals surface area (Å²) in [5.41, 5.74) is 1.91. The van der Waals surface area contributed by atoms with Crippen LogP contribution in [-0.4, -0.2) is 34.3 Å². The van der Waals surface area contributed by atoms with Gasteiger partial charge in [0.2, 0.25) is 0 Å². The highest BCUT2D eigenvalue weighted by molar-refractivity contribution is 5.66. The van der Waals surface area contributed by atoms with Gasteiger partial charge in [0, 0.05) is 36.2 Å². The number of benzene rings is 3. The Balaban J connectivity index is 1.42. The zero-order valence-electron chi connectivity index (χ0n) is 23.0. The summed E-state index contributed by atoms with van der Waals surface area (Å²) in [4.78, 5) is 38.9.